The summed E-state index contributed by atoms with van der Waals surface area (Å²) in [5.41, 5.74) is 3.41. The molecule has 0 aliphatic carbocycles. The van der Waals surface area contributed by atoms with Crippen LogP contribution in [-0.2, 0) is 9.47 Å². The van der Waals surface area contributed by atoms with Crippen LogP contribution in [-0.4, -0.2) is 78.9 Å². The molecule has 3 heterocycles. The van der Waals surface area contributed by atoms with Crippen LogP contribution in [0.15, 0.2) is 26.2 Å². The largest absolute Gasteiger partial charge is 0.506 e. The van der Waals surface area contributed by atoms with Gasteiger partial charge in [0.15, 0.2) is 0 Å². The highest BCUT2D eigenvalue weighted by Gasteiger charge is 2.20. The first-order chi connectivity index (χ1) is 14.6. The molecule has 160 valence electrons. The van der Waals surface area contributed by atoms with Crippen molar-refractivity contribution in [1.82, 2.24) is 15.0 Å². The minimum absolute atomic E-state index is 0.0995. The molecule has 0 spiro atoms. The Balaban J connectivity index is 1.58. The Morgan fingerprint density at radius 3 is 2.07 bits per heavy atom. The van der Waals surface area contributed by atoms with Crippen LogP contribution in [0.5, 0.6) is 5.75 Å². The SMILES string of the molecule is Oc1c(Br)cc(Br)cc1/C=N\Nc1nc(N2CCOCC2)nc(N2CCOCC2)n1. The molecule has 0 bridgehead atoms. The number of phenols is 1. The van der Waals surface area contributed by atoms with E-state index in [4.69, 9.17) is 9.47 Å². The zero-order valence-electron chi connectivity index (χ0n) is 16.1. The lowest BCUT2D eigenvalue weighted by Gasteiger charge is -2.30. The summed E-state index contributed by atoms with van der Waals surface area (Å²) in [4.78, 5) is 17.8. The highest BCUT2D eigenvalue weighted by molar-refractivity contribution is 9.11. The van der Waals surface area contributed by atoms with Crippen molar-refractivity contribution in [2.24, 2.45) is 5.10 Å². The average molecular weight is 543 g/mol. The number of hydrogen-bond donors (Lipinski definition) is 2. The molecular formula is C18H21Br2N7O3. The van der Waals surface area contributed by atoms with E-state index in [9.17, 15) is 5.11 Å². The number of halogens is 2. The van der Waals surface area contributed by atoms with Gasteiger partial charge in [-0.3, -0.25) is 0 Å². The van der Waals surface area contributed by atoms with Crippen molar-refractivity contribution in [3.63, 3.8) is 0 Å². The van der Waals surface area contributed by atoms with Crippen molar-refractivity contribution >= 4 is 55.9 Å². The van der Waals surface area contributed by atoms with Crippen LogP contribution in [0.3, 0.4) is 0 Å². The van der Waals surface area contributed by atoms with E-state index in [1.54, 1.807) is 12.1 Å². The molecular weight excluding hydrogens is 522 g/mol. The maximum atomic E-state index is 10.2. The van der Waals surface area contributed by atoms with Crippen molar-refractivity contribution in [1.29, 1.82) is 0 Å². The number of nitrogens with one attached hydrogen (secondary N) is 1. The van der Waals surface area contributed by atoms with Gasteiger partial charge < -0.3 is 24.4 Å². The van der Waals surface area contributed by atoms with Crippen LogP contribution in [0.25, 0.3) is 0 Å². The van der Waals surface area contributed by atoms with Gasteiger partial charge in [-0.1, -0.05) is 15.9 Å². The van der Waals surface area contributed by atoms with Gasteiger partial charge in [0, 0.05) is 36.2 Å². The third-order valence-electron chi connectivity index (χ3n) is 4.63. The molecule has 0 saturated carbocycles. The Bertz CT molecular complexity index is 883. The van der Waals surface area contributed by atoms with E-state index in [0.29, 0.717) is 54.3 Å². The molecule has 0 unspecified atom stereocenters. The molecule has 0 amide bonds. The Morgan fingerprint density at radius 1 is 0.933 bits per heavy atom. The topological polar surface area (TPSA) is 108 Å². The number of hydrogen-bond acceptors (Lipinski definition) is 10. The first-order valence-corrected chi connectivity index (χ1v) is 11.1. The Morgan fingerprint density at radius 2 is 1.50 bits per heavy atom. The molecule has 1 aromatic heterocycles. The van der Waals surface area contributed by atoms with Gasteiger partial charge in [-0.15, -0.1) is 0 Å². The van der Waals surface area contributed by atoms with Crippen LogP contribution in [0.4, 0.5) is 17.8 Å². The van der Waals surface area contributed by atoms with Gasteiger partial charge >= 0.3 is 0 Å². The molecule has 1 aromatic carbocycles. The third-order valence-corrected chi connectivity index (χ3v) is 5.69. The molecule has 2 fully saturated rings. The number of hydrazone groups is 1. The summed E-state index contributed by atoms with van der Waals surface area (Å²) in [7, 11) is 0. The number of benzene rings is 1. The lowest BCUT2D eigenvalue weighted by molar-refractivity contribution is 0.121. The smallest absolute Gasteiger partial charge is 0.250 e. The Labute approximate surface area is 190 Å². The van der Waals surface area contributed by atoms with Crippen LogP contribution in [0.2, 0.25) is 0 Å². The predicted octanol–water partition coefficient (Wildman–Crippen LogP) is 2.22. The van der Waals surface area contributed by atoms with Gasteiger partial charge in [0.1, 0.15) is 5.75 Å². The monoisotopic (exact) mass is 541 g/mol. The minimum atomic E-state index is 0.0995. The van der Waals surface area contributed by atoms with E-state index in [-0.39, 0.29) is 5.75 Å². The highest BCUT2D eigenvalue weighted by atomic mass is 79.9. The summed E-state index contributed by atoms with van der Waals surface area (Å²) in [6.45, 7) is 5.41. The van der Waals surface area contributed by atoms with E-state index >= 15 is 0 Å². The predicted molar refractivity (Wildman–Crippen MR) is 121 cm³/mol. The molecule has 12 heteroatoms. The fourth-order valence-electron chi connectivity index (χ4n) is 3.06. The van der Waals surface area contributed by atoms with Gasteiger partial charge in [-0.2, -0.15) is 20.1 Å². The second-order valence-electron chi connectivity index (χ2n) is 6.65. The summed E-state index contributed by atoms with van der Waals surface area (Å²) in [6.07, 6.45) is 1.51. The van der Waals surface area contributed by atoms with Crippen LogP contribution in [0, 0.1) is 0 Å². The van der Waals surface area contributed by atoms with Crippen molar-refractivity contribution < 1.29 is 14.6 Å². The molecule has 2 aliphatic heterocycles. The van der Waals surface area contributed by atoms with Gasteiger partial charge in [-0.25, -0.2) is 5.43 Å². The van der Waals surface area contributed by atoms with E-state index in [0.717, 1.165) is 30.7 Å². The summed E-state index contributed by atoms with van der Waals surface area (Å²) < 4.78 is 12.3. The number of aromatic hydroxyl groups is 1. The quantitative estimate of drug-likeness (QED) is 0.434. The molecule has 2 aliphatic rings. The van der Waals surface area contributed by atoms with Crippen LogP contribution >= 0.6 is 31.9 Å². The molecule has 30 heavy (non-hydrogen) atoms. The highest BCUT2D eigenvalue weighted by Crippen LogP contribution is 2.30. The van der Waals surface area contributed by atoms with Crippen molar-refractivity contribution in [3.8, 4) is 5.75 Å². The first-order valence-electron chi connectivity index (χ1n) is 9.49. The van der Waals surface area contributed by atoms with Gasteiger partial charge in [0.2, 0.25) is 17.8 Å². The van der Waals surface area contributed by atoms with E-state index in [1.807, 2.05) is 0 Å². The molecule has 2 aromatic rings. The number of nitrogens with zero attached hydrogens (tertiary/aromatic N) is 6. The molecule has 10 nitrogen and oxygen atoms in total. The van der Waals surface area contributed by atoms with Crippen molar-refractivity contribution in [2.45, 2.75) is 0 Å². The summed E-state index contributed by atoms with van der Waals surface area (Å²) >= 11 is 6.72. The zero-order valence-corrected chi connectivity index (χ0v) is 19.3. The zero-order chi connectivity index (χ0) is 20.9. The number of ether oxygens (including phenoxy) is 2. The maximum Gasteiger partial charge on any atom is 0.250 e. The Kier molecular flexibility index (Phi) is 6.97. The van der Waals surface area contributed by atoms with E-state index < -0.39 is 0 Å². The molecule has 0 atom stereocenters. The Hall–Kier alpha value is -2.02. The third kappa shape index (κ3) is 5.17. The fraction of sp³-hybridized carbons (Fsp3) is 0.444. The normalized spacial score (nSPS) is 17.5. The van der Waals surface area contributed by atoms with Crippen LogP contribution in [0.1, 0.15) is 5.56 Å². The average Bonchev–Trinajstić information content (AvgIpc) is 2.78. The number of anilines is 3. The fourth-order valence-corrected chi connectivity index (χ4v) is 4.32. The summed E-state index contributed by atoms with van der Waals surface area (Å²) in [6, 6.07) is 3.52. The van der Waals surface area contributed by atoms with Crippen molar-refractivity contribution in [2.75, 3.05) is 67.8 Å². The van der Waals surface area contributed by atoms with Gasteiger partial charge in [0.05, 0.1) is 37.1 Å². The van der Waals surface area contributed by atoms with Gasteiger partial charge in [-0.05, 0) is 28.1 Å². The number of morpholine rings is 2. The second kappa shape index (κ2) is 9.86. The molecule has 4 rings (SSSR count). The maximum absolute atomic E-state index is 10.2. The number of rotatable bonds is 5. The van der Waals surface area contributed by atoms with E-state index in [1.165, 1.54) is 6.21 Å². The van der Waals surface area contributed by atoms with Gasteiger partial charge in [0.25, 0.3) is 0 Å². The minimum Gasteiger partial charge on any atom is -0.506 e. The van der Waals surface area contributed by atoms with Crippen molar-refractivity contribution in [3.05, 3.63) is 26.6 Å². The van der Waals surface area contributed by atoms with Crippen LogP contribution < -0.4 is 15.2 Å². The molecule has 0 radical (unpaired) electrons. The summed E-state index contributed by atoms with van der Waals surface area (Å²) in [5.74, 6) is 1.60. The lowest BCUT2D eigenvalue weighted by Crippen LogP contribution is -2.40. The molecule has 2 N–H and O–H groups in total. The lowest BCUT2D eigenvalue weighted by atomic mass is 10.2. The number of aromatic nitrogens is 3. The van der Waals surface area contributed by atoms with E-state index in [2.05, 4.69) is 67.1 Å². The summed E-state index contributed by atoms with van der Waals surface area (Å²) in [5, 5.41) is 14.4. The first kappa shape index (κ1) is 21.2. The standard InChI is InChI=1S/C18H21Br2N7O3/c19-13-9-12(15(28)14(20)10-13)11-21-25-16-22-17(26-1-5-29-6-2-26)24-18(23-16)27-3-7-30-8-4-27/h9-11,28H,1-8H2,(H,22,23,24,25)/b21-11-. The second-order valence-corrected chi connectivity index (χ2v) is 8.42. The molecule has 2 saturated heterocycles. The number of phenolic OH excluding ortho intramolecular Hbond substituents is 1.